The molecule has 0 atom stereocenters. The maximum Gasteiger partial charge on any atom is 0.490 e. The van der Waals surface area contributed by atoms with Crippen LogP contribution in [0.1, 0.15) is 105 Å². The molecule has 0 spiro atoms. The number of likely N-dealkylation sites (tertiary alicyclic amines) is 3. The lowest BCUT2D eigenvalue weighted by molar-refractivity contribution is -0.386. The van der Waals surface area contributed by atoms with Gasteiger partial charge in [-0.15, -0.1) is 0 Å². The number of pyridine rings is 4. The third kappa shape index (κ3) is 26.1. The largest absolute Gasteiger partial charge is 0.490 e. The molecule has 0 bridgehead atoms. The number of rotatable bonds is 10. The molecule has 9 aliphatic rings. The average Bonchev–Trinajstić information content (AvgIpc) is 1.63. The van der Waals surface area contributed by atoms with Crippen molar-refractivity contribution in [3.05, 3.63) is 206 Å². The van der Waals surface area contributed by atoms with Crippen molar-refractivity contribution < 1.29 is 28.7 Å². The van der Waals surface area contributed by atoms with Crippen LogP contribution >= 0.6 is 11.6 Å². The second-order valence-corrected chi connectivity index (χ2v) is 30.0. The van der Waals surface area contributed by atoms with Crippen molar-refractivity contribution in [2.24, 2.45) is 0 Å². The van der Waals surface area contributed by atoms with Crippen LogP contribution in [0.15, 0.2) is 163 Å². The number of hydrogen-bond acceptors (Lipinski definition) is 22. The van der Waals surface area contributed by atoms with Gasteiger partial charge in [-0.2, -0.15) is 0 Å². The van der Waals surface area contributed by atoms with Gasteiger partial charge in [0, 0.05) is 150 Å². The van der Waals surface area contributed by atoms with Gasteiger partial charge in [-0.1, -0.05) is 29.8 Å². The number of halogens is 1. The Kier molecular flexibility index (Phi) is 32.7. The number of carbonyl (C=O) groups is 2. The lowest BCUT2D eigenvalue weighted by Gasteiger charge is -2.38. The van der Waals surface area contributed by atoms with Crippen molar-refractivity contribution in [3.8, 4) is 0 Å². The number of H-pyrrole nitrogens is 1. The Hall–Kier alpha value is -9.05. The van der Waals surface area contributed by atoms with E-state index >= 15 is 0 Å². The fourth-order valence-corrected chi connectivity index (χ4v) is 13.4. The molecule has 588 valence electrons. The van der Waals surface area contributed by atoms with E-state index in [1.807, 2.05) is 49.8 Å². The number of hydrogen-bond donors (Lipinski definition) is 5. The lowest BCUT2D eigenvalue weighted by Crippen LogP contribution is -2.44. The standard InChI is InChI=1S/C13H20ClN3O.C13H21N3O.C12H22BNO2.C11H13N3O3.C11H17N3O.C11H15N3O.C5H4N2O3/c1-10(18)15-12-7-11(14)8-17(9-12)13-3-5-16(2)6-4-13;1-11(17)14-12-4-3-7-16(10-12)13-5-8-15(2)9-6-13;1-11(2)12(3,4)16-13(15-11)10-6-8-14(5)9-7-10;1-12-7-4-9(5-8-12)13-6-2-3-10(11(13)15)14(16)17;2*1-13-7-4-9(5-8-13)14-6-2-3-10(12)11(14)15;8-5-4(7(9)10)2-1-3-6-5/h7-8,13H,3-6,9H2,1-2H3,(H,15,18);3-4,7,13H,5-6,8-10H2,1-2H3,(H,14,17);6H,7-9H2,1-5H3;2-4,6H,5,7-8H2,1H3;2-3,6,9H,4-5,7-8,12H2,1H3;2-4,6H,5,7-8,12H2,1H3;1-3H,(H,6,8). The van der Waals surface area contributed by atoms with Crippen molar-refractivity contribution in [3.63, 3.8) is 0 Å². The normalized spacial score (nSPS) is 20.2. The number of amides is 2. The number of piperidine rings is 3. The highest BCUT2D eigenvalue weighted by molar-refractivity contribution is 6.54. The number of aromatic nitrogens is 4. The number of anilines is 2. The van der Waals surface area contributed by atoms with E-state index in [2.05, 4.69) is 136 Å². The van der Waals surface area contributed by atoms with Crippen LogP contribution in [0.2, 0.25) is 0 Å². The summed E-state index contributed by atoms with van der Waals surface area (Å²) < 4.78 is 16.8. The van der Waals surface area contributed by atoms with Gasteiger partial charge < -0.3 is 80.2 Å². The average molecular weight is 1520 g/mol. The first-order valence-corrected chi connectivity index (χ1v) is 37.2. The van der Waals surface area contributed by atoms with Gasteiger partial charge >= 0.3 is 29.6 Å². The molecule has 0 aromatic carbocycles. The van der Waals surface area contributed by atoms with Gasteiger partial charge in [-0.05, 0) is 220 Å². The van der Waals surface area contributed by atoms with E-state index in [-0.39, 0.29) is 46.9 Å². The van der Waals surface area contributed by atoms with E-state index in [1.54, 1.807) is 46.7 Å². The van der Waals surface area contributed by atoms with Gasteiger partial charge in [-0.25, -0.2) is 0 Å². The van der Waals surface area contributed by atoms with Crippen molar-refractivity contribution in [2.45, 2.75) is 129 Å². The van der Waals surface area contributed by atoms with Gasteiger partial charge in [0.05, 0.1) is 50.5 Å². The second-order valence-electron chi connectivity index (χ2n) is 29.6. The first-order valence-electron chi connectivity index (χ1n) is 36.9. The predicted molar refractivity (Wildman–Crippen MR) is 427 cm³/mol. The summed E-state index contributed by atoms with van der Waals surface area (Å²) in [6.07, 6.45) is 32.1. The minimum atomic E-state index is -0.723. The Balaban J connectivity index is 0.000000176. The minimum Gasteiger partial charge on any atom is -0.400 e. The molecular formula is C76H112BClN18O12. The van der Waals surface area contributed by atoms with E-state index in [9.17, 15) is 49.0 Å². The molecule has 108 heavy (non-hydrogen) atoms. The molecule has 7 N–H and O–H groups in total. The Morgan fingerprint density at radius 3 is 1.48 bits per heavy atom. The van der Waals surface area contributed by atoms with Crippen LogP contribution in [0.3, 0.4) is 0 Å². The van der Waals surface area contributed by atoms with Crippen LogP contribution in [0.25, 0.3) is 11.4 Å². The second kappa shape index (κ2) is 40.9. The molecule has 30 nitrogen and oxygen atoms in total. The molecule has 4 aromatic heterocycles. The molecule has 13 heterocycles. The summed E-state index contributed by atoms with van der Waals surface area (Å²) in [6, 6.07) is 13.7. The highest BCUT2D eigenvalue weighted by atomic mass is 35.5. The smallest absolute Gasteiger partial charge is 0.400 e. The monoisotopic (exact) mass is 1510 g/mol. The van der Waals surface area contributed by atoms with E-state index in [0.717, 1.165) is 165 Å². The van der Waals surface area contributed by atoms with E-state index in [1.165, 1.54) is 54.2 Å². The number of aromatic amines is 1. The number of likely N-dealkylation sites (N-methyl/N-ethyl adjacent to an activating group) is 3. The van der Waals surface area contributed by atoms with Gasteiger partial charge in [0.1, 0.15) is 0 Å². The molecule has 0 saturated carbocycles. The van der Waals surface area contributed by atoms with Crippen LogP contribution in [-0.2, 0) is 18.9 Å². The maximum absolute atomic E-state index is 11.9. The van der Waals surface area contributed by atoms with Crippen molar-refractivity contribution in [2.75, 3.05) is 145 Å². The zero-order chi connectivity index (χ0) is 79.0. The molecular weight excluding hydrogens is 1400 g/mol. The summed E-state index contributed by atoms with van der Waals surface area (Å²) in [5.74, 6) is -0.0363. The number of nitro groups is 2. The number of nitrogens with two attached hydrogens (primary N) is 2. The number of nitrogens with one attached hydrogen (secondary N) is 3. The van der Waals surface area contributed by atoms with Crippen molar-refractivity contribution >= 4 is 64.7 Å². The molecule has 0 radical (unpaired) electrons. The number of allylic oxidation sites excluding steroid dienone is 4. The molecule has 13 rings (SSSR count). The van der Waals surface area contributed by atoms with Crippen molar-refractivity contribution in [1.29, 1.82) is 0 Å². The fraction of sp³-hybridized carbons (Fsp3) is 0.526. The summed E-state index contributed by atoms with van der Waals surface area (Å²) in [5.41, 5.74) is 14.3. The Morgan fingerprint density at radius 1 is 0.565 bits per heavy atom. The topological polar surface area (TPSA) is 340 Å². The summed E-state index contributed by atoms with van der Waals surface area (Å²) >= 11 is 6.12. The van der Waals surface area contributed by atoms with E-state index in [0.29, 0.717) is 34.5 Å². The molecule has 2 amide bonds. The van der Waals surface area contributed by atoms with Gasteiger partial charge in [-0.3, -0.25) is 58.1 Å². The first kappa shape index (κ1) is 86.2. The van der Waals surface area contributed by atoms with Gasteiger partial charge in [0.25, 0.3) is 11.1 Å². The molecule has 9 aliphatic heterocycles. The van der Waals surface area contributed by atoms with Crippen LogP contribution in [0.4, 0.5) is 22.7 Å². The summed E-state index contributed by atoms with van der Waals surface area (Å²) in [4.78, 5) is 108. The van der Waals surface area contributed by atoms with Crippen LogP contribution in [0.5, 0.6) is 0 Å². The highest BCUT2D eigenvalue weighted by Gasteiger charge is 2.52. The zero-order valence-corrected chi connectivity index (χ0v) is 65.6. The Bertz CT molecular complexity index is 4180. The van der Waals surface area contributed by atoms with Crippen LogP contribution < -0.4 is 44.3 Å². The van der Waals surface area contributed by atoms with E-state index < -0.39 is 26.7 Å². The predicted octanol–water partition coefficient (Wildman–Crippen LogP) is 6.83. The fourth-order valence-electron chi connectivity index (χ4n) is 13.2. The Morgan fingerprint density at radius 2 is 1.01 bits per heavy atom. The van der Waals surface area contributed by atoms with Gasteiger partial charge in [0.2, 0.25) is 11.8 Å². The molecule has 4 saturated heterocycles. The summed E-state index contributed by atoms with van der Waals surface area (Å²) in [5, 5.41) is 27.1. The number of nitrogen functional groups attached to an aromatic ring is 2. The van der Waals surface area contributed by atoms with Crippen LogP contribution in [-0.4, -0.2) is 244 Å². The lowest BCUT2D eigenvalue weighted by atomic mass is 9.75. The zero-order valence-electron chi connectivity index (χ0n) is 64.9. The highest BCUT2D eigenvalue weighted by Crippen LogP contribution is 2.39. The Labute approximate surface area is 638 Å². The number of nitrogens with zero attached hydrogens (tertiary/aromatic N) is 13. The molecule has 0 aliphatic carbocycles. The van der Waals surface area contributed by atoms with Crippen LogP contribution in [0, 0.1) is 20.2 Å². The number of carbonyl (C=O) groups excluding carboxylic acids is 2. The van der Waals surface area contributed by atoms with Gasteiger partial charge in [0.15, 0.2) is 0 Å². The third-order valence-corrected chi connectivity index (χ3v) is 20.7. The molecule has 0 unspecified atom stereocenters. The first-order chi connectivity index (χ1) is 51.2. The summed E-state index contributed by atoms with van der Waals surface area (Å²) in [7, 11) is 12.5. The third-order valence-electron chi connectivity index (χ3n) is 20.4. The van der Waals surface area contributed by atoms with Crippen molar-refractivity contribution in [1.82, 2.24) is 68.5 Å². The van der Waals surface area contributed by atoms with E-state index in [4.69, 9.17) is 32.4 Å². The maximum atomic E-state index is 11.9. The molecule has 4 aromatic rings. The summed E-state index contributed by atoms with van der Waals surface area (Å²) in [6.45, 7) is 25.2. The molecule has 32 heteroatoms. The minimum absolute atomic E-state index is 0.00915. The SMILES string of the molecule is CC(=O)NC1=CC(Cl)=CN(C2CCN(C)CC2)C1.CC(=O)NC1=CC=CN(C2CCN(C)CC2)C1.CN1CC=C(B2OC(C)(C)C(C)(C)O2)CC1.CN1CC=C(n2cccc(N)c2=O)CC1.CN1CC=C(n2cccc([N+](=O)[O-])c2=O)CC1.CN1CCC(n2cccc(N)c2=O)CC1.O=c1[nH]cccc1[N+](=O)[O-]. The molecule has 4 fully saturated rings. The quantitative estimate of drug-likeness (QED) is 0.0617.